The Morgan fingerprint density at radius 2 is 1.62 bits per heavy atom. The molecular weight excluding hydrogens is 270 g/mol. The lowest BCUT2D eigenvalue weighted by Gasteiger charge is -2.45. The van der Waals surface area contributed by atoms with Crippen LogP contribution in [0, 0.1) is 17.0 Å². The Bertz CT molecular complexity index is 500. The van der Waals surface area contributed by atoms with Crippen LogP contribution in [0.3, 0.4) is 0 Å². The van der Waals surface area contributed by atoms with Gasteiger partial charge in [-0.05, 0) is 37.2 Å². The van der Waals surface area contributed by atoms with Crippen molar-refractivity contribution in [3.63, 3.8) is 0 Å². The lowest BCUT2D eigenvalue weighted by Crippen LogP contribution is -2.41. The van der Waals surface area contributed by atoms with Gasteiger partial charge in [0.2, 0.25) is 0 Å². The molecule has 4 heteroatoms. The first-order chi connectivity index (χ1) is 10.2. The number of piperidine rings is 1. The Balaban J connectivity index is 1.73. The van der Waals surface area contributed by atoms with Gasteiger partial charge in [-0.3, -0.25) is 0 Å². The van der Waals surface area contributed by atoms with Crippen LogP contribution >= 0.6 is 0 Å². The van der Waals surface area contributed by atoms with E-state index in [9.17, 15) is 8.78 Å². The molecule has 116 valence electrons. The van der Waals surface area contributed by atoms with Gasteiger partial charge in [-0.1, -0.05) is 25.3 Å². The van der Waals surface area contributed by atoms with Crippen LogP contribution in [-0.2, 0) is 6.54 Å². The molecule has 2 aliphatic rings. The maximum Gasteiger partial charge on any atom is 0.182 e. The predicted molar refractivity (Wildman–Crippen MR) is 81.2 cm³/mol. The number of halogens is 2. The third kappa shape index (κ3) is 2.78. The molecule has 21 heavy (non-hydrogen) atoms. The molecule has 0 aromatic heterocycles. The van der Waals surface area contributed by atoms with E-state index in [1.807, 2.05) is 4.90 Å². The first-order valence-corrected chi connectivity index (χ1v) is 8.07. The number of hydrogen-bond donors (Lipinski definition) is 1. The molecule has 1 saturated carbocycles. The summed E-state index contributed by atoms with van der Waals surface area (Å²) in [6.45, 7) is 1.70. The molecule has 0 atom stereocenters. The van der Waals surface area contributed by atoms with Crippen LogP contribution in [0.2, 0.25) is 0 Å². The highest BCUT2D eigenvalue weighted by molar-refractivity contribution is 5.50. The number of hydrogen-bond acceptors (Lipinski definition) is 2. The van der Waals surface area contributed by atoms with Crippen molar-refractivity contribution in [1.82, 2.24) is 0 Å². The molecule has 0 amide bonds. The summed E-state index contributed by atoms with van der Waals surface area (Å²) in [5.74, 6) is -1.52. The maximum absolute atomic E-state index is 14.2. The van der Waals surface area contributed by atoms with Gasteiger partial charge in [0.05, 0.1) is 5.69 Å². The second-order valence-electron chi connectivity index (χ2n) is 6.62. The van der Waals surface area contributed by atoms with Crippen molar-refractivity contribution in [2.24, 2.45) is 11.1 Å². The van der Waals surface area contributed by atoms with Gasteiger partial charge in [0.15, 0.2) is 11.6 Å². The fraction of sp³-hybridized carbons (Fsp3) is 0.647. The number of rotatable bonds is 2. The Morgan fingerprint density at radius 3 is 2.24 bits per heavy atom. The van der Waals surface area contributed by atoms with Gasteiger partial charge in [-0.2, -0.15) is 0 Å². The van der Waals surface area contributed by atoms with Crippen LogP contribution in [0.4, 0.5) is 14.5 Å². The molecule has 0 radical (unpaired) electrons. The average Bonchev–Trinajstić information content (AvgIpc) is 2.52. The van der Waals surface area contributed by atoms with Gasteiger partial charge in [-0.15, -0.1) is 0 Å². The smallest absolute Gasteiger partial charge is 0.182 e. The summed E-state index contributed by atoms with van der Waals surface area (Å²) in [5.41, 5.74) is 6.54. The lowest BCUT2D eigenvalue weighted by molar-refractivity contribution is 0.144. The van der Waals surface area contributed by atoms with E-state index in [0.717, 1.165) is 25.9 Å². The van der Waals surface area contributed by atoms with Gasteiger partial charge < -0.3 is 10.6 Å². The van der Waals surface area contributed by atoms with E-state index in [2.05, 4.69) is 0 Å². The third-order valence-electron chi connectivity index (χ3n) is 5.44. The van der Waals surface area contributed by atoms with E-state index in [1.54, 1.807) is 12.1 Å². The van der Waals surface area contributed by atoms with Crippen LogP contribution < -0.4 is 10.6 Å². The van der Waals surface area contributed by atoms with Crippen molar-refractivity contribution in [1.29, 1.82) is 0 Å². The molecule has 2 fully saturated rings. The van der Waals surface area contributed by atoms with Crippen molar-refractivity contribution in [3.05, 3.63) is 29.3 Å². The quantitative estimate of drug-likeness (QED) is 0.894. The summed E-state index contributed by atoms with van der Waals surface area (Å²) in [4.78, 5) is 2.00. The standard InChI is InChI=1S/C17H24F2N2/c18-15-13(12-20)4-5-14(16(15)19)21-10-8-17(9-11-21)6-2-1-3-7-17/h4-5H,1-3,6-12,20H2. The van der Waals surface area contributed by atoms with E-state index in [-0.39, 0.29) is 12.1 Å². The van der Waals surface area contributed by atoms with E-state index in [0.29, 0.717) is 11.1 Å². The summed E-state index contributed by atoms with van der Waals surface area (Å²) in [5, 5.41) is 0. The Labute approximate surface area is 125 Å². The summed E-state index contributed by atoms with van der Waals surface area (Å²) < 4.78 is 28.1. The van der Waals surface area contributed by atoms with E-state index in [1.165, 1.54) is 32.1 Å². The van der Waals surface area contributed by atoms with Crippen LogP contribution in [0.1, 0.15) is 50.5 Å². The molecule has 2 nitrogen and oxygen atoms in total. The maximum atomic E-state index is 14.2. The molecule has 1 aliphatic carbocycles. The Morgan fingerprint density at radius 1 is 0.952 bits per heavy atom. The second kappa shape index (κ2) is 5.91. The molecule has 0 unspecified atom stereocenters. The summed E-state index contributed by atoms with van der Waals surface area (Å²) in [6, 6.07) is 3.29. The first-order valence-electron chi connectivity index (χ1n) is 8.07. The number of nitrogens with two attached hydrogens (primary N) is 1. The second-order valence-corrected chi connectivity index (χ2v) is 6.62. The minimum absolute atomic E-state index is 0.0339. The number of benzene rings is 1. The normalized spacial score (nSPS) is 21.8. The number of nitrogens with zero attached hydrogens (tertiary/aromatic N) is 1. The van der Waals surface area contributed by atoms with Crippen LogP contribution in [0.5, 0.6) is 0 Å². The van der Waals surface area contributed by atoms with Crippen molar-refractivity contribution >= 4 is 5.69 Å². The lowest BCUT2D eigenvalue weighted by atomic mass is 9.68. The predicted octanol–water partition coefficient (Wildman–Crippen LogP) is 3.97. The van der Waals surface area contributed by atoms with Crippen LogP contribution in [-0.4, -0.2) is 13.1 Å². The van der Waals surface area contributed by atoms with Crippen molar-refractivity contribution in [2.75, 3.05) is 18.0 Å². The summed E-state index contributed by atoms with van der Waals surface area (Å²) in [7, 11) is 0. The fourth-order valence-electron chi connectivity index (χ4n) is 4.00. The zero-order valence-electron chi connectivity index (χ0n) is 12.5. The Hall–Kier alpha value is -1.16. The molecule has 1 heterocycles. The van der Waals surface area contributed by atoms with Crippen molar-refractivity contribution in [2.45, 2.75) is 51.5 Å². The highest BCUT2D eigenvalue weighted by atomic mass is 19.2. The molecule has 1 saturated heterocycles. The van der Waals surface area contributed by atoms with Crippen molar-refractivity contribution in [3.8, 4) is 0 Å². The molecule has 1 aliphatic heterocycles. The van der Waals surface area contributed by atoms with Crippen LogP contribution in [0.25, 0.3) is 0 Å². The molecule has 3 rings (SSSR count). The molecule has 0 bridgehead atoms. The summed E-state index contributed by atoms with van der Waals surface area (Å²) >= 11 is 0. The van der Waals surface area contributed by atoms with Gasteiger partial charge in [0.25, 0.3) is 0 Å². The minimum atomic E-state index is -0.784. The average molecular weight is 294 g/mol. The van der Waals surface area contributed by atoms with Crippen molar-refractivity contribution < 1.29 is 8.78 Å². The molecule has 2 N–H and O–H groups in total. The van der Waals surface area contributed by atoms with Gasteiger partial charge >= 0.3 is 0 Å². The summed E-state index contributed by atoms with van der Waals surface area (Å²) in [6.07, 6.45) is 8.83. The Kier molecular flexibility index (Phi) is 4.16. The fourth-order valence-corrected chi connectivity index (χ4v) is 4.00. The number of anilines is 1. The monoisotopic (exact) mass is 294 g/mol. The van der Waals surface area contributed by atoms with E-state index in [4.69, 9.17) is 5.73 Å². The third-order valence-corrected chi connectivity index (χ3v) is 5.44. The molecule has 1 aromatic rings. The largest absolute Gasteiger partial charge is 0.369 e. The zero-order valence-corrected chi connectivity index (χ0v) is 12.5. The van der Waals surface area contributed by atoms with Gasteiger partial charge in [0, 0.05) is 25.2 Å². The van der Waals surface area contributed by atoms with E-state index < -0.39 is 11.6 Å². The zero-order chi connectivity index (χ0) is 14.9. The van der Waals surface area contributed by atoms with Gasteiger partial charge in [0.1, 0.15) is 0 Å². The van der Waals surface area contributed by atoms with Crippen LogP contribution in [0.15, 0.2) is 12.1 Å². The minimum Gasteiger partial charge on any atom is -0.369 e. The molecule has 1 spiro atoms. The topological polar surface area (TPSA) is 29.3 Å². The molecule has 1 aromatic carbocycles. The highest BCUT2D eigenvalue weighted by Crippen LogP contribution is 2.45. The first kappa shape index (κ1) is 14.8. The van der Waals surface area contributed by atoms with E-state index >= 15 is 0 Å². The molecular formula is C17H24F2N2. The SMILES string of the molecule is NCc1ccc(N2CCC3(CCCCC3)CC2)c(F)c1F. The highest BCUT2D eigenvalue weighted by Gasteiger charge is 2.36. The van der Waals surface area contributed by atoms with Gasteiger partial charge in [-0.25, -0.2) is 8.78 Å².